The number of nitro groups is 1. The first-order chi connectivity index (χ1) is 7.91. The molecule has 0 saturated carbocycles. The molecule has 0 aromatic heterocycles. The van der Waals surface area contributed by atoms with Gasteiger partial charge < -0.3 is 4.90 Å². The van der Waals surface area contributed by atoms with Gasteiger partial charge in [0.05, 0.1) is 4.92 Å². The van der Waals surface area contributed by atoms with Crippen molar-refractivity contribution in [3.05, 3.63) is 39.9 Å². The summed E-state index contributed by atoms with van der Waals surface area (Å²) in [5.74, 6) is 0.0152. The minimum atomic E-state index is -0.438. The minimum absolute atomic E-state index is 0.0435. The first kappa shape index (κ1) is 13.2. The van der Waals surface area contributed by atoms with Gasteiger partial charge in [-0.25, -0.2) is 0 Å². The van der Waals surface area contributed by atoms with E-state index in [0.29, 0.717) is 6.54 Å². The van der Waals surface area contributed by atoms with Gasteiger partial charge in [-0.3, -0.25) is 14.9 Å². The Bertz CT molecular complexity index is 412. The fourth-order valence-corrected chi connectivity index (χ4v) is 1.52. The van der Waals surface area contributed by atoms with Crippen LogP contribution in [0.4, 0.5) is 5.69 Å². The highest BCUT2D eigenvalue weighted by Crippen LogP contribution is 2.13. The Hall–Kier alpha value is -1.91. The number of nitro benzene ring substituents is 1. The lowest BCUT2D eigenvalue weighted by atomic mass is 10.1. The van der Waals surface area contributed by atoms with E-state index in [9.17, 15) is 14.9 Å². The number of non-ortho nitro benzene ring substituents is 1. The van der Waals surface area contributed by atoms with Gasteiger partial charge >= 0.3 is 0 Å². The summed E-state index contributed by atoms with van der Waals surface area (Å²) in [6, 6.07) is 6.23. The number of hydrogen-bond donors (Lipinski definition) is 0. The molecule has 0 fully saturated rings. The second-order valence-electron chi connectivity index (χ2n) is 4.27. The van der Waals surface area contributed by atoms with Crippen LogP contribution in [0.15, 0.2) is 24.3 Å². The van der Waals surface area contributed by atoms with Gasteiger partial charge in [-0.1, -0.05) is 26.0 Å². The van der Waals surface area contributed by atoms with Crippen molar-refractivity contribution in [1.82, 2.24) is 4.90 Å². The maximum Gasteiger partial charge on any atom is 0.269 e. The molecule has 1 aromatic rings. The number of hydrogen-bond acceptors (Lipinski definition) is 3. The summed E-state index contributed by atoms with van der Waals surface area (Å²) in [4.78, 5) is 23.3. The second kappa shape index (κ2) is 5.43. The van der Waals surface area contributed by atoms with Crippen LogP contribution in [-0.4, -0.2) is 22.8 Å². The third-order valence-corrected chi connectivity index (χ3v) is 2.44. The molecule has 1 amide bonds. The molecule has 0 aliphatic rings. The lowest BCUT2D eigenvalue weighted by Gasteiger charge is -2.19. The van der Waals surface area contributed by atoms with E-state index in [1.165, 1.54) is 12.1 Å². The standard InChI is InChI=1S/C12H16N2O3/c1-9(2)12(15)13(3)8-10-4-6-11(7-5-10)14(16)17/h4-7,9H,8H2,1-3H3. The molecule has 1 rings (SSSR count). The lowest BCUT2D eigenvalue weighted by molar-refractivity contribution is -0.384. The van der Waals surface area contributed by atoms with E-state index in [1.807, 2.05) is 13.8 Å². The molecule has 0 aliphatic heterocycles. The van der Waals surface area contributed by atoms with E-state index in [1.54, 1.807) is 24.1 Å². The fourth-order valence-electron chi connectivity index (χ4n) is 1.52. The first-order valence-electron chi connectivity index (χ1n) is 5.40. The van der Waals surface area contributed by atoms with Crippen LogP contribution in [0.1, 0.15) is 19.4 Å². The van der Waals surface area contributed by atoms with Crippen molar-refractivity contribution >= 4 is 11.6 Å². The quantitative estimate of drug-likeness (QED) is 0.594. The molecule has 1 aromatic carbocycles. The molecule has 5 nitrogen and oxygen atoms in total. The predicted molar refractivity (Wildman–Crippen MR) is 64.4 cm³/mol. The lowest BCUT2D eigenvalue weighted by Crippen LogP contribution is -2.29. The number of carbonyl (C=O) groups excluding carboxylic acids is 1. The zero-order chi connectivity index (χ0) is 13.0. The van der Waals surface area contributed by atoms with Crippen LogP contribution in [0.25, 0.3) is 0 Å². The summed E-state index contributed by atoms with van der Waals surface area (Å²) < 4.78 is 0. The van der Waals surface area contributed by atoms with Gasteiger partial charge in [0.1, 0.15) is 0 Å². The molecule has 0 atom stereocenters. The van der Waals surface area contributed by atoms with Crippen molar-refractivity contribution in [3.8, 4) is 0 Å². The highest BCUT2D eigenvalue weighted by Gasteiger charge is 2.13. The van der Waals surface area contributed by atoms with Crippen LogP contribution in [0.5, 0.6) is 0 Å². The van der Waals surface area contributed by atoms with E-state index < -0.39 is 4.92 Å². The molecule has 92 valence electrons. The highest BCUT2D eigenvalue weighted by atomic mass is 16.6. The summed E-state index contributed by atoms with van der Waals surface area (Å²) in [5.41, 5.74) is 0.943. The molecule has 0 radical (unpaired) electrons. The number of nitrogens with zero attached hydrogens (tertiary/aromatic N) is 2. The zero-order valence-corrected chi connectivity index (χ0v) is 10.2. The van der Waals surface area contributed by atoms with Gasteiger partial charge in [0.2, 0.25) is 5.91 Å². The molecule has 5 heteroatoms. The minimum Gasteiger partial charge on any atom is -0.341 e. The number of benzene rings is 1. The maximum absolute atomic E-state index is 11.6. The van der Waals surface area contributed by atoms with Crippen LogP contribution in [0.2, 0.25) is 0 Å². The maximum atomic E-state index is 11.6. The zero-order valence-electron chi connectivity index (χ0n) is 10.2. The van der Waals surface area contributed by atoms with Gasteiger partial charge in [-0.05, 0) is 5.56 Å². The van der Waals surface area contributed by atoms with Crippen LogP contribution in [0.3, 0.4) is 0 Å². The van der Waals surface area contributed by atoms with Gasteiger partial charge in [0, 0.05) is 31.6 Å². The molecule has 0 saturated heterocycles. The topological polar surface area (TPSA) is 63.5 Å². The molecule has 0 heterocycles. The summed E-state index contributed by atoms with van der Waals surface area (Å²) in [6.45, 7) is 4.15. The fraction of sp³-hybridized carbons (Fsp3) is 0.417. The van der Waals surface area contributed by atoms with E-state index in [0.717, 1.165) is 5.56 Å². The Morgan fingerprint density at radius 3 is 2.29 bits per heavy atom. The van der Waals surface area contributed by atoms with E-state index in [2.05, 4.69) is 0 Å². The highest BCUT2D eigenvalue weighted by molar-refractivity contribution is 5.77. The summed E-state index contributed by atoms with van der Waals surface area (Å²) >= 11 is 0. The van der Waals surface area contributed by atoms with Gasteiger partial charge in [-0.15, -0.1) is 0 Å². The van der Waals surface area contributed by atoms with E-state index >= 15 is 0 Å². The normalized spacial score (nSPS) is 10.4. The van der Waals surface area contributed by atoms with Gasteiger partial charge in [-0.2, -0.15) is 0 Å². The number of carbonyl (C=O) groups is 1. The van der Waals surface area contributed by atoms with Crippen molar-refractivity contribution < 1.29 is 9.72 Å². The van der Waals surface area contributed by atoms with Crippen molar-refractivity contribution in [3.63, 3.8) is 0 Å². The average molecular weight is 236 g/mol. The van der Waals surface area contributed by atoms with Gasteiger partial charge in [0.15, 0.2) is 0 Å². The summed E-state index contributed by atoms with van der Waals surface area (Å²) in [5, 5.41) is 10.5. The second-order valence-corrected chi connectivity index (χ2v) is 4.27. The van der Waals surface area contributed by atoms with Crippen molar-refractivity contribution in [2.75, 3.05) is 7.05 Å². The van der Waals surface area contributed by atoms with Crippen LogP contribution in [-0.2, 0) is 11.3 Å². The smallest absolute Gasteiger partial charge is 0.269 e. The van der Waals surface area contributed by atoms with Crippen molar-refractivity contribution in [2.45, 2.75) is 20.4 Å². The Kier molecular flexibility index (Phi) is 4.20. The van der Waals surface area contributed by atoms with Crippen LogP contribution >= 0.6 is 0 Å². The van der Waals surface area contributed by atoms with Crippen molar-refractivity contribution in [2.24, 2.45) is 5.92 Å². The predicted octanol–water partition coefficient (Wildman–Crippen LogP) is 2.21. The largest absolute Gasteiger partial charge is 0.341 e. The monoisotopic (exact) mass is 236 g/mol. The molecule has 0 aliphatic carbocycles. The molecule has 0 spiro atoms. The SMILES string of the molecule is CC(C)C(=O)N(C)Cc1ccc([N+](=O)[O-])cc1. The third kappa shape index (κ3) is 3.55. The van der Waals surface area contributed by atoms with E-state index in [-0.39, 0.29) is 17.5 Å². The Labute approximate surface area is 100 Å². The molecule has 0 bridgehead atoms. The molecule has 0 N–H and O–H groups in total. The Morgan fingerprint density at radius 2 is 1.88 bits per heavy atom. The Balaban J connectivity index is 2.69. The van der Waals surface area contributed by atoms with Crippen molar-refractivity contribution in [1.29, 1.82) is 0 Å². The Morgan fingerprint density at radius 1 is 1.35 bits per heavy atom. The third-order valence-electron chi connectivity index (χ3n) is 2.44. The number of rotatable bonds is 4. The van der Waals surface area contributed by atoms with Crippen LogP contribution in [0, 0.1) is 16.0 Å². The van der Waals surface area contributed by atoms with Crippen LogP contribution < -0.4 is 0 Å². The molecular formula is C12H16N2O3. The summed E-state index contributed by atoms with van der Waals surface area (Å²) in [7, 11) is 1.73. The molecular weight excluding hydrogens is 220 g/mol. The van der Waals surface area contributed by atoms with Gasteiger partial charge in [0.25, 0.3) is 5.69 Å². The van der Waals surface area contributed by atoms with E-state index in [4.69, 9.17) is 0 Å². The average Bonchev–Trinajstić information content (AvgIpc) is 2.28. The molecule has 17 heavy (non-hydrogen) atoms. The number of amides is 1. The molecule has 0 unspecified atom stereocenters. The summed E-state index contributed by atoms with van der Waals surface area (Å²) in [6.07, 6.45) is 0. The first-order valence-corrected chi connectivity index (χ1v) is 5.40.